The van der Waals surface area contributed by atoms with Crippen molar-refractivity contribution >= 4 is 40.5 Å². The van der Waals surface area contributed by atoms with E-state index in [9.17, 15) is 13.6 Å². The molecule has 1 N–H and O–H groups in total. The number of nitrogens with zero attached hydrogens (tertiary/aromatic N) is 4. The molecular formula is C26H29F2N5O2S. The van der Waals surface area contributed by atoms with Crippen LogP contribution in [0.3, 0.4) is 0 Å². The van der Waals surface area contributed by atoms with Crippen LogP contribution in [0.15, 0.2) is 47.4 Å². The molecule has 1 saturated heterocycles. The van der Waals surface area contributed by atoms with Gasteiger partial charge in [-0.05, 0) is 44.5 Å². The van der Waals surface area contributed by atoms with Crippen LogP contribution in [0.2, 0.25) is 0 Å². The number of hydrogen-bond donors (Lipinski definition) is 1. The Bertz CT molecular complexity index is 1280. The fourth-order valence-corrected chi connectivity index (χ4v) is 5.37. The van der Waals surface area contributed by atoms with Crippen LogP contribution in [0.5, 0.6) is 0 Å². The molecule has 0 saturated carbocycles. The first-order valence-electron chi connectivity index (χ1n) is 12.0. The summed E-state index contributed by atoms with van der Waals surface area (Å²) < 4.78 is 32.3. The number of alkyl halides is 2. The maximum Gasteiger partial charge on any atom is 0.407 e. The predicted octanol–water partition coefficient (Wildman–Crippen LogP) is 5.39. The van der Waals surface area contributed by atoms with Gasteiger partial charge in [-0.15, -0.1) is 11.8 Å². The average Bonchev–Trinajstić information content (AvgIpc) is 3.01. The van der Waals surface area contributed by atoms with Gasteiger partial charge >= 0.3 is 6.09 Å². The zero-order valence-corrected chi connectivity index (χ0v) is 21.3. The number of halogens is 2. The first-order valence-corrected chi connectivity index (χ1v) is 12.9. The first kappa shape index (κ1) is 24.5. The van der Waals surface area contributed by atoms with Crippen molar-refractivity contribution in [1.29, 1.82) is 0 Å². The predicted molar refractivity (Wildman–Crippen MR) is 138 cm³/mol. The van der Waals surface area contributed by atoms with Crippen molar-refractivity contribution in [3.8, 4) is 0 Å². The standard InChI is InChI=1S/C26H29F2N5O2S/c1-26(2,3)35-25(34)29-18-14-33(15-18)23-19-12-16(22(27)28)8-9-20(19)30-24(31-23)32-10-11-36-21-7-5-4-6-17(21)13-32/h4-9,12,18,22H,10-11,13-15H2,1-3H3,(H,29,34). The molecule has 5 rings (SSSR count). The number of carbonyl (C=O) groups is 1. The summed E-state index contributed by atoms with van der Waals surface area (Å²) in [6.07, 6.45) is -3.06. The highest BCUT2D eigenvalue weighted by Gasteiger charge is 2.33. The van der Waals surface area contributed by atoms with E-state index in [2.05, 4.69) is 22.3 Å². The third-order valence-electron chi connectivity index (χ3n) is 6.08. The molecule has 2 aliphatic rings. The van der Waals surface area contributed by atoms with E-state index in [0.29, 0.717) is 42.3 Å². The summed E-state index contributed by atoms with van der Waals surface area (Å²) >= 11 is 1.81. The molecule has 0 spiro atoms. The summed E-state index contributed by atoms with van der Waals surface area (Å²) in [6.45, 7) is 7.89. The van der Waals surface area contributed by atoms with E-state index in [0.717, 1.165) is 12.3 Å². The normalized spacial score (nSPS) is 16.5. The SMILES string of the molecule is CC(C)(C)OC(=O)NC1CN(c2nc(N3CCSc4ccccc4C3)nc3ccc(C(F)F)cc23)C1. The van der Waals surface area contributed by atoms with E-state index >= 15 is 0 Å². The molecule has 0 radical (unpaired) electrons. The van der Waals surface area contributed by atoms with Crippen LogP contribution < -0.4 is 15.1 Å². The number of rotatable bonds is 4. The van der Waals surface area contributed by atoms with Crippen LogP contribution in [0.4, 0.5) is 25.3 Å². The number of aromatic nitrogens is 2. The number of anilines is 2. The molecule has 190 valence electrons. The number of benzene rings is 2. The Morgan fingerprint density at radius 3 is 2.67 bits per heavy atom. The number of ether oxygens (including phenoxy) is 1. The quantitative estimate of drug-likeness (QED) is 0.501. The van der Waals surface area contributed by atoms with Crippen LogP contribution in [0.25, 0.3) is 10.9 Å². The average molecular weight is 514 g/mol. The van der Waals surface area contributed by atoms with Crippen molar-refractivity contribution in [2.75, 3.05) is 35.2 Å². The van der Waals surface area contributed by atoms with Gasteiger partial charge in [0.2, 0.25) is 5.95 Å². The van der Waals surface area contributed by atoms with Gasteiger partial charge in [0.15, 0.2) is 0 Å². The number of thioether (sulfide) groups is 1. The van der Waals surface area contributed by atoms with E-state index in [1.165, 1.54) is 22.6 Å². The Kier molecular flexibility index (Phi) is 6.63. The Balaban J connectivity index is 1.43. The van der Waals surface area contributed by atoms with Crippen molar-refractivity contribution in [3.05, 3.63) is 53.6 Å². The lowest BCUT2D eigenvalue weighted by atomic mass is 10.1. The molecule has 7 nitrogen and oxygen atoms in total. The van der Waals surface area contributed by atoms with Crippen molar-refractivity contribution in [2.45, 2.75) is 50.3 Å². The zero-order chi connectivity index (χ0) is 25.4. The first-order chi connectivity index (χ1) is 17.2. The van der Waals surface area contributed by atoms with E-state index in [1.54, 1.807) is 6.07 Å². The summed E-state index contributed by atoms with van der Waals surface area (Å²) in [5.41, 5.74) is 1.18. The van der Waals surface area contributed by atoms with Gasteiger partial charge in [0.25, 0.3) is 6.43 Å². The van der Waals surface area contributed by atoms with Gasteiger partial charge in [0.05, 0.1) is 11.6 Å². The summed E-state index contributed by atoms with van der Waals surface area (Å²) in [6, 6.07) is 12.7. The number of amides is 1. The Labute approximate surface area is 213 Å². The van der Waals surface area contributed by atoms with E-state index in [4.69, 9.17) is 14.7 Å². The summed E-state index contributed by atoms with van der Waals surface area (Å²) in [7, 11) is 0. The number of carbonyl (C=O) groups excluding carboxylic acids is 1. The third-order valence-corrected chi connectivity index (χ3v) is 7.17. The van der Waals surface area contributed by atoms with Gasteiger partial charge in [-0.2, -0.15) is 4.98 Å². The Morgan fingerprint density at radius 1 is 1.14 bits per heavy atom. The maximum atomic E-state index is 13.5. The Hall–Kier alpha value is -3.14. The van der Waals surface area contributed by atoms with Gasteiger partial charge in [0.1, 0.15) is 11.4 Å². The smallest absolute Gasteiger partial charge is 0.407 e. The van der Waals surface area contributed by atoms with E-state index in [1.807, 2.05) is 49.6 Å². The lowest BCUT2D eigenvalue weighted by Gasteiger charge is -2.41. The molecule has 0 bridgehead atoms. The zero-order valence-electron chi connectivity index (χ0n) is 20.5. The molecule has 0 atom stereocenters. The third kappa shape index (κ3) is 5.33. The maximum absolute atomic E-state index is 13.5. The molecule has 0 aliphatic carbocycles. The summed E-state index contributed by atoms with van der Waals surface area (Å²) in [5.74, 6) is 2.07. The monoisotopic (exact) mass is 513 g/mol. The van der Waals surface area contributed by atoms with Gasteiger partial charge in [-0.3, -0.25) is 0 Å². The molecular weight excluding hydrogens is 484 g/mol. The minimum Gasteiger partial charge on any atom is -0.444 e. The van der Waals surface area contributed by atoms with E-state index < -0.39 is 18.1 Å². The second-order valence-corrected chi connectivity index (χ2v) is 11.2. The van der Waals surface area contributed by atoms with Crippen LogP contribution in [-0.4, -0.2) is 53.1 Å². The molecule has 36 heavy (non-hydrogen) atoms. The van der Waals surface area contributed by atoms with Crippen molar-refractivity contribution in [2.24, 2.45) is 0 Å². The molecule has 10 heteroatoms. The fraction of sp³-hybridized carbons (Fsp3) is 0.423. The second-order valence-electron chi connectivity index (χ2n) is 10.1. The van der Waals surface area contributed by atoms with Crippen LogP contribution in [0.1, 0.15) is 38.3 Å². The summed E-state index contributed by atoms with van der Waals surface area (Å²) in [4.78, 5) is 27.2. The van der Waals surface area contributed by atoms with Crippen LogP contribution >= 0.6 is 11.8 Å². The number of alkyl carbamates (subject to hydrolysis) is 1. The number of nitrogens with one attached hydrogen (secondary N) is 1. The van der Waals surface area contributed by atoms with Gasteiger partial charge in [-0.1, -0.05) is 24.3 Å². The topological polar surface area (TPSA) is 70.6 Å². The van der Waals surface area contributed by atoms with E-state index in [-0.39, 0.29) is 11.6 Å². The lowest BCUT2D eigenvalue weighted by Crippen LogP contribution is -2.60. The van der Waals surface area contributed by atoms with Gasteiger partial charge in [-0.25, -0.2) is 18.6 Å². The molecule has 3 heterocycles. The molecule has 1 aromatic heterocycles. The van der Waals surface area contributed by atoms with Gasteiger partial charge in [0, 0.05) is 47.8 Å². The van der Waals surface area contributed by atoms with Crippen LogP contribution in [-0.2, 0) is 11.3 Å². The highest BCUT2D eigenvalue weighted by molar-refractivity contribution is 7.99. The molecule has 2 aliphatic heterocycles. The second kappa shape index (κ2) is 9.72. The number of hydrogen-bond acceptors (Lipinski definition) is 7. The molecule has 2 aromatic carbocycles. The summed E-state index contributed by atoms with van der Waals surface area (Å²) in [5, 5.41) is 3.45. The highest BCUT2D eigenvalue weighted by Crippen LogP contribution is 2.34. The largest absolute Gasteiger partial charge is 0.444 e. The minimum absolute atomic E-state index is 0.0656. The van der Waals surface area contributed by atoms with Crippen molar-refractivity contribution in [1.82, 2.24) is 15.3 Å². The molecule has 3 aromatic rings. The Morgan fingerprint density at radius 2 is 1.92 bits per heavy atom. The molecule has 0 unspecified atom stereocenters. The molecule has 1 amide bonds. The van der Waals surface area contributed by atoms with Crippen LogP contribution in [0, 0.1) is 0 Å². The highest BCUT2D eigenvalue weighted by atomic mass is 32.2. The fourth-order valence-electron chi connectivity index (χ4n) is 4.35. The lowest BCUT2D eigenvalue weighted by molar-refractivity contribution is 0.0496. The van der Waals surface area contributed by atoms with Crippen molar-refractivity contribution < 1.29 is 18.3 Å². The van der Waals surface area contributed by atoms with Gasteiger partial charge < -0.3 is 19.9 Å². The molecule has 1 fully saturated rings. The van der Waals surface area contributed by atoms with Crippen molar-refractivity contribution in [3.63, 3.8) is 0 Å². The minimum atomic E-state index is -2.58. The number of fused-ring (bicyclic) bond motifs is 2.